The Bertz CT molecular complexity index is 410. The molecule has 2 heterocycles. The molecule has 0 bridgehead atoms. The van der Waals surface area contributed by atoms with Crippen molar-refractivity contribution < 1.29 is 18.8 Å². The number of aromatic nitrogens is 1. The Labute approximate surface area is 105 Å². The fourth-order valence-corrected chi connectivity index (χ4v) is 2.25. The highest BCUT2D eigenvalue weighted by atomic mass is 19.1. The van der Waals surface area contributed by atoms with Crippen molar-refractivity contribution in [3.05, 3.63) is 17.5 Å². The van der Waals surface area contributed by atoms with Gasteiger partial charge >= 0.3 is 0 Å². The Kier molecular flexibility index (Phi) is 3.96. The number of carbonyl (C=O) groups is 1. The molecule has 6 heteroatoms. The minimum Gasteiger partial charge on any atom is -0.384 e. The summed E-state index contributed by atoms with van der Waals surface area (Å²) in [7, 11) is 0. The first-order valence-electron chi connectivity index (χ1n) is 6.07. The summed E-state index contributed by atoms with van der Waals surface area (Å²) in [5, 5.41) is 13.0. The predicted molar refractivity (Wildman–Crippen MR) is 61.6 cm³/mol. The summed E-state index contributed by atoms with van der Waals surface area (Å²) in [6.07, 6.45) is 1.40. The number of nitrogens with zero attached hydrogens (tertiary/aromatic N) is 2. The number of aliphatic hydroxyl groups excluding tert-OH is 1. The first-order valence-corrected chi connectivity index (χ1v) is 6.07. The number of hydrogen-bond donors (Lipinski definition) is 1. The van der Waals surface area contributed by atoms with Crippen LogP contribution < -0.4 is 0 Å². The summed E-state index contributed by atoms with van der Waals surface area (Å²) in [5.74, 6) is 0.677. The highest BCUT2D eigenvalue weighted by Gasteiger charge is 2.28. The zero-order valence-electron chi connectivity index (χ0n) is 10.3. The van der Waals surface area contributed by atoms with Crippen LogP contribution in [0.1, 0.15) is 43.2 Å². The SMILES string of the molecule is C[C@@H]1CCC(c2cc(C(O)CF)no2)CN1C=O. The van der Waals surface area contributed by atoms with Gasteiger partial charge in [0.05, 0.1) is 0 Å². The average molecular weight is 256 g/mol. The van der Waals surface area contributed by atoms with E-state index in [1.807, 2.05) is 6.92 Å². The topological polar surface area (TPSA) is 66.6 Å². The Morgan fingerprint density at radius 3 is 3.17 bits per heavy atom. The number of piperidine rings is 1. The standard InChI is InChI=1S/C12H17FN2O3/c1-8-2-3-9(6-15(8)7-16)12-4-10(14-18-12)11(17)5-13/h4,7-9,11,17H,2-3,5-6H2,1H3/t8-,9?,11?/m1/s1. The van der Waals surface area contributed by atoms with Crippen LogP contribution in [-0.2, 0) is 4.79 Å². The van der Waals surface area contributed by atoms with Gasteiger partial charge in [0.1, 0.15) is 24.2 Å². The number of hydrogen-bond acceptors (Lipinski definition) is 4. The third-order valence-electron chi connectivity index (χ3n) is 3.50. The molecule has 1 fully saturated rings. The van der Waals surface area contributed by atoms with Crippen LogP contribution in [0.3, 0.4) is 0 Å². The van der Waals surface area contributed by atoms with E-state index in [2.05, 4.69) is 5.16 Å². The van der Waals surface area contributed by atoms with Crippen LogP contribution in [0.2, 0.25) is 0 Å². The first kappa shape index (κ1) is 13.0. The van der Waals surface area contributed by atoms with Crippen molar-refractivity contribution in [2.24, 2.45) is 0 Å². The van der Waals surface area contributed by atoms with E-state index in [4.69, 9.17) is 4.52 Å². The molecular weight excluding hydrogens is 239 g/mol. The Hall–Kier alpha value is -1.43. The molecule has 0 spiro atoms. The van der Waals surface area contributed by atoms with E-state index in [0.717, 1.165) is 19.3 Å². The monoisotopic (exact) mass is 256 g/mol. The van der Waals surface area contributed by atoms with Gasteiger partial charge < -0.3 is 14.5 Å². The van der Waals surface area contributed by atoms with Gasteiger partial charge in [-0.1, -0.05) is 5.16 Å². The van der Waals surface area contributed by atoms with E-state index in [1.165, 1.54) is 0 Å². The fraction of sp³-hybridized carbons (Fsp3) is 0.667. The van der Waals surface area contributed by atoms with Crippen molar-refractivity contribution in [1.29, 1.82) is 0 Å². The van der Waals surface area contributed by atoms with Gasteiger partial charge in [0.15, 0.2) is 0 Å². The van der Waals surface area contributed by atoms with Crippen LogP contribution in [0.4, 0.5) is 4.39 Å². The maximum atomic E-state index is 12.3. The maximum absolute atomic E-state index is 12.3. The van der Waals surface area contributed by atoms with E-state index in [9.17, 15) is 14.3 Å². The highest BCUT2D eigenvalue weighted by Crippen LogP contribution is 2.30. The summed E-state index contributed by atoms with van der Waals surface area (Å²) in [6, 6.07) is 1.81. The molecule has 3 atom stereocenters. The van der Waals surface area contributed by atoms with Gasteiger partial charge in [-0.25, -0.2) is 4.39 Å². The van der Waals surface area contributed by atoms with Gasteiger partial charge in [0, 0.05) is 24.6 Å². The van der Waals surface area contributed by atoms with Crippen LogP contribution >= 0.6 is 0 Å². The molecule has 1 aliphatic rings. The third kappa shape index (κ3) is 2.53. The average Bonchev–Trinajstić information content (AvgIpc) is 2.88. The Morgan fingerprint density at radius 2 is 2.50 bits per heavy atom. The van der Waals surface area contributed by atoms with Crippen molar-refractivity contribution in [1.82, 2.24) is 10.1 Å². The van der Waals surface area contributed by atoms with Crippen LogP contribution in [0.25, 0.3) is 0 Å². The van der Waals surface area contributed by atoms with E-state index in [1.54, 1.807) is 11.0 Å². The number of amides is 1. The predicted octanol–water partition coefficient (Wildman–Crippen LogP) is 1.40. The molecule has 5 nitrogen and oxygen atoms in total. The lowest BCUT2D eigenvalue weighted by Crippen LogP contribution is -2.39. The molecule has 0 radical (unpaired) electrons. The molecule has 0 saturated carbocycles. The first-order chi connectivity index (χ1) is 8.65. The van der Waals surface area contributed by atoms with Crippen molar-refractivity contribution in [3.8, 4) is 0 Å². The lowest BCUT2D eigenvalue weighted by molar-refractivity contribution is -0.121. The van der Waals surface area contributed by atoms with Gasteiger partial charge in [0.25, 0.3) is 0 Å². The molecule has 1 aromatic rings. The molecular formula is C12H17FN2O3. The smallest absolute Gasteiger partial charge is 0.209 e. The molecule has 100 valence electrons. The fourth-order valence-electron chi connectivity index (χ4n) is 2.25. The van der Waals surface area contributed by atoms with Gasteiger partial charge in [-0.15, -0.1) is 0 Å². The van der Waals surface area contributed by atoms with Crippen molar-refractivity contribution in [3.63, 3.8) is 0 Å². The minimum absolute atomic E-state index is 0.0689. The minimum atomic E-state index is -1.23. The largest absolute Gasteiger partial charge is 0.384 e. The third-order valence-corrected chi connectivity index (χ3v) is 3.50. The zero-order valence-corrected chi connectivity index (χ0v) is 10.3. The van der Waals surface area contributed by atoms with Crippen molar-refractivity contribution in [2.45, 2.75) is 37.8 Å². The van der Waals surface area contributed by atoms with E-state index in [-0.39, 0.29) is 17.7 Å². The molecule has 1 aromatic heterocycles. The normalized spacial score (nSPS) is 26.1. The summed E-state index contributed by atoms with van der Waals surface area (Å²) in [5.41, 5.74) is 0.212. The summed E-state index contributed by atoms with van der Waals surface area (Å²) in [4.78, 5) is 12.6. The molecule has 2 rings (SSSR count). The summed E-state index contributed by atoms with van der Waals surface area (Å²) >= 11 is 0. The Balaban J connectivity index is 2.07. The molecule has 0 aromatic carbocycles. The lowest BCUT2D eigenvalue weighted by Gasteiger charge is -2.34. The highest BCUT2D eigenvalue weighted by molar-refractivity contribution is 5.48. The van der Waals surface area contributed by atoms with Gasteiger partial charge in [-0.3, -0.25) is 4.79 Å². The second-order valence-electron chi connectivity index (χ2n) is 4.75. The number of likely N-dealkylation sites (tertiary alicyclic amines) is 1. The number of aliphatic hydroxyl groups is 1. The molecule has 1 saturated heterocycles. The van der Waals surface area contributed by atoms with Crippen molar-refractivity contribution >= 4 is 6.41 Å². The second kappa shape index (κ2) is 5.48. The molecule has 1 N–H and O–H groups in total. The number of alkyl halides is 1. The van der Waals surface area contributed by atoms with E-state index < -0.39 is 12.8 Å². The molecule has 1 aliphatic heterocycles. The number of rotatable bonds is 4. The summed E-state index contributed by atoms with van der Waals surface area (Å²) < 4.78 is 17.4. The Morgan fingerprint density at radius 1 is 1.72 bits per heavy atom. The van der Waals surface area contributed by atoms with Crippen LogP contribution in [0, 0.1) is 0 Å². The quantitative estimate of drug-likeness (QED) is 0.827. The van der Waals surface area contributed by atoms with Gasteiger partial charge in [-0.2, -0.15) is 0 Å². The second-order valence-corrected chi connectivity index (χ2v) is 4.75. The molecule has 0 aliphatic carbocycles. The number of halogens is 1. The maximum Gasteiger partial charge on any atom is 0.209 e. The van der Waals surface area contributed by atoms with Crippen LogP contribution in [-0.4, -0.2) is 40.8 Å². The molecule has 18 heavy (non-hydrogen) atoms. The van der Waals surface area contributed by atoms with Crippen LogP contribution in [0.5, 0.6) is 0 Å². The van der Waals surface area contributed by atoms with E-state index >= 15 is 0 Å². The van der Waals surface area contributed by atoms with Crippen molar-refractivity contribution in [2.75, 3.05) is 13.2 Å². The molecule has 2 unspecified atom stereocenters. The van der Waals surface area contributed by atoms with Gasteiger partial charge in [-0.05, 0) is 19.8 Å². The summed E-state index contributed by atoms with van der Waals surface area (Å²) in [6.45, 7) is 1.70. The van der Waals surface area contributed by atoms with Crippen LogP contribution in [0.15, 0.2) is 10.6 Å². The lowest BCUT2D eigenvalue weighted by atomic mass is 9.92. The number of carbonyl (C=O) groups excluding carboxylic acids is 1. The molecule has 1 amide bonds. The zero-order chi connectivity index (χ0) is 13.1. The van der Waals surface area contributed by atoms with E-state index in [0.29, 0.717) is 12.3 Å². The van der Waals surface area contributed by atoms with Gasteiger partial charge in [0.2, 0.25) is 6.41 Å².